The topological polar surface area (TPSA) is 74.7 Å². The van der Waals surface area contributed by atoms with Gasteiger partial charge in [0.05, 0.1) is 6.42 Å². The summed E-state index contributed by atoms with van der Waals surface area (Å²) in [5, 5.41) is 8.53. The first-order chi connectivity index (χ1) is 6.43. The third kappa shape index (κ3) is 1.92. The summed E-state index contributed by atoms with van der Waals surface area (Å²) in [5.74, 6) is -1.84. The lowest BCUT2D eigenvalue weighted by Gasteiger charge is -2.20. The van der Waals surface area contributed by atoms with Gasteiger partial charge < -0.3 is 5.11 Å². The van der Waals surface area contributed by atoms with Gasteiger partial charge in [0.2, 0.25) is 11.8 Å². The Kier molecular flexibility index (Phi) is 2.88. The van der Waals surface area contributed by atoms with Gasteiger partial charge in [-0.15, -0.1) is 0 Å². The van der Waals surface area contributed by atoms with E-state index in [-0.39, 0.29) is 30.6 Å². The molecule has 1 fully saturated rings. The quantitative estimate of drug-likeness (QED) is 0.661. The van der Waals surface area contributed by atoms with Crippen molar-refractivity contribution >= 4 is 17.8 Å². The van der Waals surface area contributed by atoms with Crippen molar-refractivity contribution in [3.63, 3.8) is 0 Å². The van der Waals surface area contributed by atoms with Crippen LogP contribution in [0.1, 0.15) is 26.7 Å². The van der Waals surface area contributed by atoms with E-state index < -0.39 is 12.0 Å². The molecule has 2 atom stereocenters. The van der Waals surface area contributed by atoms with E-state index in [9.17, 15) is 14.4 Å². The molecule has 2 amide bonds. The molecule has 0 aromatic rings. The number of carboxylic acids is 1. The molecule has 1 rings (SSSR count). The monoisotopic (exact) mass is 199 g/mol. The number of hydrogen-bond donors (Lipinski definition) is 1. The standard InChI is InChI=1S/C9H13NO4/c1-5-3-7(11)10(9(5)14)6(2)4-8(12)13/h5-6H,3-4H2,1-2H3,(H,12,13). The number of rotatable bonds is 3. The maximum Gasteiger partial charge on any atom is 0.305 e. The van der Waals surface area contributed by atoms with Crippen molar-refractivity contribution in [1.29, 1.82) is 0 Å². The van der Waals surface area contributed by atoms with Gasteiger partial charge in [-0.3, -0.25) is 19.3 Å². The Labute approximate surface area is 81.7 Å². The Bertz CT molecular complexity index is 287. The number of carboxylic acid groups (broad SMARTS) is 1. The maximum atomic E-state index is 11.5. The molecule has 14 heavy (non-hydrogen) atoms. The lowest BCUT2D eigenvalue weighted by atomic mass is 10.1. The normalized spacial score (nSPS) is 24.1. The van der Waals surface area contributed by atoms with E-state index in [1.165, 1.54) is 0 Å². The molecule has 78 valence electrons. The van der Waals surface area contributed by atoms with Crippen molar-refractivity contribution < 1.29 is 19.5 Å². The van der Waals surface area contributed by atoms with E-state index in [2.05, 4.69) is 0 Å². The Morgan fingerprint density at radius 1 is 1.64 bits per heavy atom. The molecule has 0 bridgehead atoms. The Hall–Kier alpha value is -1.39. The minimum atomic E-state index is -1.00. The molecule has 0 aromatic carbocycles. The summed E-state index contributed by atoms with van der Waals surface area (Å²) in [6.45, 7) is 3.25. The summed E-state index contributed by atoms with van der Waals surface area (Å²) in [4.78, 5) is 34.3. The highest BCUT2D eigenvalue weighted by Gasteiger charge is 2.38. The zero-order chi connectivity index (χ0) is 10.9. The van der Waals surface area contributed by atoms with Gasteiger partial charge in [0.15, 0.2) is 0 Å². The van der Waals surface area contributed by atoms with E-state index in [4.69, 9.17) is 5.11 Å². The first kappa shape index (κ1) is 10.7. The van der Waals surface area contributed by atoms with Crippen LogP contribution in [0.25, 0.3) is 0 Å². The molecule has 0 aromatic heterocycles. The van der Waals surface area contributed by atoms with Gasteiger partial charge >= 0.3 is 5.97 Å². The van der Waals surface area contributed by atoms with Crippen LogP contribution in [0.2, 0.25) is 0 Å². The first-order valence-corrected chi connectivity index (χ1v) is 4.51. The van der Waals surface area contributed by atoms with Gasteiger partial charge in [0, 0.05) is 18.4 Å². The van der Waals surface area contributed by atoms with Gasteiger partial charge in [0.25, 0.3) is 0 Å². The molecule has 1 aliphatic rings. The third-order valence-electron chi connectivity index (χ3n) is 2.32. The van der Waals surface area contributed by atoms with E-state index >= 15 is 0 Å². The smallest absolute Gasteiger partial charge is 0.305 e. The van der Waals surface area contributed by atoms with E-state index in [0.29, 0.717) is 0 Å². The van der Waals surface area contributed by atoms with Crippen LogP contribution >= 0.6 is 0 Å². The molecular formula is C9H13NO4. The van der Waals surface area contributed by atoms with Crippen LogP contribution in [0, 0.1) is 5.92 Å². The van der Waals surface area contributed by atoms with Gasteiger partial charge in [-0.1, -0.05) is 6.92 Å². The summed E-state index contributed by atoms with van der Waals surface area (Å²) >= 11 is 0. The van der Waals surface area contributed by atoms with Gasteiger partial charge in [0.1, 0.15) is 0 Å². The fourth-order valence-corrected chi connectivity index (χ4v) is 1.61. The van der Waals surface area contributed by atoms with Crippen LogP contribution in [0.5, 0.6) is 0 Å². The van der Waals surface area contributed by atoms with Crippen molar-refractivity contribution in [1.82, 2.24) is 4.90 Å². The molecule has 0 spiro atoms. The highest BCUT2D eigenvalue weighted by molar-refractivity contribution is 6.03. The van der Waals surface area contributed by atoms with Crippen LogP contribution in [0.3, 0.4) is 0 Å². The fourth-order valence-electron chi connectivity index (χ4n) is 1.61. The molecule has 1 heterocycles. The number of carbonyl (C=O) groups is 3. The molecule has 1 N–H and O–H groups in total. The second kappa shape index (κ2) is 3.77. The Balaban J connectivity index is 2.72. The predicted molar refractivity (Wildman–Crippen MR) is 47.3 cm³/mol. The van der Waals surface area contributed by atoms with Crippen LogP contribution in [-0.2, 0) is 14.4 Å². The summed E-state index contributed by atoms with van der Waals surface area (Å²) in [7, 11) is 0. The SMILES string of the molecule is CC1CC(=O)N(C(C)CC(=O)O)C1=O. The molecule has 1 saturated heterocycles. The average molecular weight is 199 g/mol. The van der Waals surface area contributed by atoms with Crippen molar-refractivity contribution in [3.05, 3.63) is 0 Å². The molecule has 0 saturated carbocycles. The van der Waals surface area contributed by atoms with E-state index in [0.717, 1.165) is 4.90 Å². The molecule has 2 unspecified atom stereocenters. The second-order valence-corrected chi connectivity index (χ2v) is 3.65. The fraction of sp³-hybridized carbons (Fsp3) is 0.667. The summed E-state index contributed by atoms with van der Waals surface area (Å²) in [6, 6.07) is -0.544. The summed E-state index contributed by atoms with van der Waals surface area (Å²) in [5.41, 5.74) is 0. The maximum absolute atomic E-state index is 11.5. The predicted octanol–water partition coefficient (Wildman–Crippen LogP) is 0.245. The minimum Gasteiger partial charge on any atom is -0.481 e. The van der Waals surface area contributed by atoms with Crippen LogP contribution in [0.15, 0.2) is 0 Å². The number of carbonyl (C=O) groups excluding carboxylic acids is 2. The van der Waals surface area contributed by atoms with Crippen LogP contribution < -0.4 is 0 Å². The molecular weight excluding hydrogens is 186 g/mol. The Morgan fingerprint density at radius 2 is 2.21 bits per heavy atom. The number of likely N-dealkylation sites (tertiary alicyclic amines) is 1. The van der Waals surface area contributed by atoms with Gasteiger partial charge in [-0.05, 0) is 6.92 Å². The van der Waals surface area contributed by atoms with Gasteiger partial charge in [-0.25, -0.2) is 0 Å². The molecule has 5 nitrogen and oxygen atoms in total. The van der Waals surface area contributed by atoms with Gasteiger partial charge in [-0.2, -0.15) is 0 Å². The van der Waals surface area contributed by atoms with Crippen molar-refractivity contribution in [3.8, 4) is 0 Å². The Morgan fingerprint density at radius 3 is 2.57 bits per heavy atom. The number of amides is 2. The zero-order valence-corrected chi connectivity index (χ0v) is 8.19. The molecule has 1 aliphatic heterocycles. The molecule has 0 aliphatic carbocycles. The van der Waals surface area contributed by atoms with Crippen molar-refractivity contribution in [2.24, 2.45) is 5.92 Å². The van der Waals surface area contributed by atoms with E-state index in [1.807, 2.05) is 0 Å². The summed E-state index contributed by atoms with van der Waals surface area (Å²) in [6.07, 6.45) is 0.00694. The second-order valence-electron chi connectivity index (χ2n) is 3.65. The average Bonchev–Trinajstić information content (AvgIpc) is 2.25. The zero-order valence-electron chi connectivity index (χ0n) is 8.19. The van der Waals surface area contributed by atoms with E-state index in [1.54, 1.807) is 13.8 Å². The van der Waals surface area contributed by atoms with Crippen molar-refractivity contribution in [2.45, 2.75) is 32.7 Å². The summed E-state index contributed by atoms with van der Waals surface area (Å²) < 4.78 is 0. The molecule has 0 radical (unpaired) electrons. The molecule has 5 heteroatoms. The first-order valence-electron chi connectivity index (χ1n) is 4.51. The highest BCUT2D eigenvalue weighted by atomic mass is 16.4. The lowest BCUT2D eigenvalue weighted by molar-refractivity contribution is -0.144. The number of aliphatic carboxylic acids is 1. The third-order valence-corrected chi connectivity index (χ3v) is 2.32. The van der Waals surface area contributed by atoms with Crippen molar-refractivity contribution in [2.75, 3.05) is 0 Å². The largest absolute Gasteiger partial charge is 0.481 e. The lowest BCUT2D eigenvalue weighted by Crippen LogP contribution is -2.39. The number of nitrogens with zero attached hydrogens (tertiary/aromatic N) is 1. The number of hydrogen-bond acceptors (Lipinski definition) is 3. The van der Waals surface area contributed by atoms with Crippen LogP contribution in [-0.4, -0.2) is 33.8 Å². The number of imide groups is 1. The highest BCUT2D eigenvalue weighted by Crippen LogP contribution is 2.22. The van der Waals surface area contributed by atoms with Crippen LogP contribution in [0.4, 0.5) is 0 Å². The minimum absolute atomic E-state index is 0.190.